The van der Waals surface area contributed by atoms with Crippen LogP contribution in [0.15, 0.2) is 12.3 Å². The van der Waals surface area contributed by atoms with Crippen molar-refractivity contribution >= 4 is 11.9 Å². The Balaban J connectivity index is 2.09. The standard InChI is InChI=1S/C11H15N3O3/c1-11(10(16)17)5-2-3-8(11)13-9(15)7-4-6-12-14-7/h4,6,8H,2-3,5H2,1H3,(H,12,14)(H,13,15)(H,16,17). The summed E-state index contributed by atoms with van der Waals surface area (Å²) in [6.07, 6.45) is 3.59. The summed E-state index contributed by atoms with van der Waals surface area (Å²) in [5.41, 5.74) is -0.514. The molecule has 0 aliphatic heterocycles. The van der Waals surface area contributed by atoms with E-state index in [0.29, 0.717) is 18.5 Å². The number of hydrogen-bond acceptors (Lipinski definition) is 3. The van der Waals surface area contributed by atoms with Crippen molar-refractivity contribution in [2.45, 2.75) is 32.2 Å². The summed E-state index contributed by atoms with van der Waals surface area (Å²) < 4.78 is 0. The van der Waals surface area contributed by atoms with Crippen molar-refractivity contribution in [3.05, 3.63) is 18.0 Å². The van der Waals surface area contributed by atoms with Crippen LogP contribution in [0.4, 0.5) is 0 Å². The molecular formula is C11H15N3O3. The van der Waals surface area contributed by atoms with Crippen molar-refractivity contribution in [2.75, 3.05) is 0 Å². The quantitative estimate of drug-likeness (QED) is 0.724. The number of aromatic nitrogens is 2. The van der Waals surface area contributed by atoms with E-state index in [1.807, 2.05) is 0 Å². The Morgan fingerprint density at radius 2 is 2.41 bits per heavy atom. The zero-order valence-electron chi connectivity index (χ0n) is 9.56. The van der Waals surface area contributed by atoms with Gasteiger partial charge in [0, 0.05) is 12.2 Å². The van der Waals surface area contributed by atoms with Gasteiger partial charge in [0.15, 0.2) is 0 Å². The van der Waals surface area contributed by atoms with Crippen molar-refractivity contribution in [2.24, 2.45) is 5.41 Å². The average molecular weight is 237 g/mol. The molecule has 0 saturated heterocycles. The minimum Gasteiger partial charge on any atom is -0.481 e. The van der Waals surface area contributed by atoms with Crippen molar-refractivity contribution in [1.82, 2.24) is 15.5 Å². The third-order valence-electron chi connectivity index (χ3n) is 3.50. The highest BCUT2D eigenvalue weighted by atomic mass is 16.4. The summed E-state index contributed by atoms with van der Waals surface area (Å²) in [4.78, 5) is 23.0. The maximum atomic E-state index is 11.8. The molecule has 1 saturated carbocycles. The molecular weight excluding hydrogens is 222 g/mol. The van der Waals surface area contributed by atoms with Crippen LogP contribution < -0.4 is 5.32 Å². The van der Waals surface area contributed by atoms with E-state index in [1.54, 1.807) is 13.0 Å². The van der Waals surface area contributed by atoms with Gasteiger partial charge < -0.3 is 10.4 Å². The number of aromatic amines is 1. The lowest BCUT2D eigenvalue weighted by Crippen LogP contribution is -2.47. The number of amides is 1. The lowest BCUT2D eigenvalue weighted by Gasteiger charge is -2.27. The van der Waals surface area contributed by atoms with Gasteiger partial charge in [-0.2, -0.15) is 5.10 Å². The smallest absolute Gasteiger partial charge is 0.311 e. The molecule has 3 N–H and O–H groups in total. The Morgan fingerprint density at radius 3 is 3.00 bits per heavy atom. The molecule has 6 heteroatoms. The Morgan fingerprint density at radius 1 is 1.65 bits per heavy atom. The number of hydrogen-bond donors (Lipinski definition) is 3. The normalized spacial score (nSPS) is 27.9. The Hall–Kier alpha value is -1.85. The molecule has 0 spiro atoms. The molecule has 1 aliphatic carbocycles. The van der Waals surface area contributed by atoms with E-state index in [2.05, 4.69) is 15.5 Å². The third-order valence-corrected chi connectivity index (χ3v) is 3.50. The van der Waals surface area contributed by atoms with Gasteiger partial charge in [-0.15, -0.1) is 0 Å². The maximum Gasteiger partial charge on any atom is 0.311 e. The van der Waals surface area contributed by atoms with Crippen LogP contribution in [-0.2, 0) is 4.79 Å². The summed E-state index contributed by atoms with van der Waals surface area (Å²) in [5.74, 6) is -1.16. The highest BCUT2D eigenvalue weighted by molar-refractivity contribution is 5.93. The minimum absolute atomic E-state index is 0.304. The van der Waals surface area contributed by atoms with E-state index < -0.39 is 11.4 Å². The number of carbonyl (C=O) groups excluding carboxylic acids is 1. The van der Waals surface area contributed by atoms with Gasteiger partial charge >= 0.3 is 5.97 Å². The Kier molecular flexibility index (Phi) is 2.87. The molecule has 1 aromatic rings. The monoisotopic (exact) mass is 237 g/mol. The SMILES string of the molecule is CC1(C(=O)O)CCCC1NC(=O)c1ccn[nH]1. The number of aliphatic carboxylic acids is 1. The fourth-order valence-corrected chi connectivity index (χ4v) is 2.27. The second-order valence-electron chi connectivity index (χ2n) is 4.61. The fraction of sp³-hybridized carbons (Fsp3) is 0.545. The molecule has 6 nitrogen and oxygen atoms in total. The minimum atomic E-state index is -0.865. The number of carboxylic acid groups (broad SMARTS) is 1. The predicted octanol–water partition coefficient (Wildman–Crippen LogP) is 0.783. The van der Waals surface area contributed by atoms with Crippen LogP contribution in [0, 0.1) is 5.41 Å². The Bertz CT molecular complexity index is 429. The van der Waals surface area contributed by atoms with Crippen LogP contribution in [0.1, 0.15) is 36.7 Å². The molecule has 17 heavy (non-hydrogen) atoms. The molecule has 0 bridgehead atoms. The number of nitrogens with zero attached hydrogens (tertiary/aromatic N) is 1. The second-order valence-corrected chi connectivity index (χ2v) is 4.61. The lowest BCUT2D eigenvalue weighted by molar-refractivity contribution is -0.148. The average Bonchev–Trinajstić information content (AvgIpc) is 2.89. The van der Waals surface area contributed by atoms with Gasteiger partial charge in [0.05, 0.1) is 5.41 Å². The molecule has 1 heterocycles. The summed E-state index contributed by atoms with van der Waals surface area (Å²) in [7, 11) is 0. The number of carboxylic acids is 1. The van der Waals surface area contributed by atoms with E-state index in [1.165, 1.54) is 6.20 Å². The van der Waals surface area contributed by atoms with Crippen molar-refractivity contribution in [3.8, 4) is 0 Å². The third kappa shape index (κ3) is 2.02. The van der Waals surface area contributed by atoms with Gasteiger partial charge in [-0.25, -0.2) is 0 Å². The molecule has 0 radical (unpaired) electrons. The van der Waals surface area contributed by atoms with Crippen LogP contribution in [0.5, 0.6) is 0 Å². The van der Waals surface area contributed by atoms with Gasteiger partial charge in [-0.3, -0.25) is 14.7 Å². The number of rotatable bonds is 3. The first-order valence-electron chi connectivity index (χ1n) is 5.57. The first kappa shape index (κ1) is 11.6. The molecule has 1 aromatic heterocycles. The largest absolute Gasteiger partial charge is 0.481 e. The maximum absolute atomic E-state index is 11.8. The van der Waals surface area contributed by atoms with Crippen LogP contribution in [0.2, 0.25) is 0 Å². The molecule has 2 unspecified atom stereocenters. The highest BCUT2D eigenvalue weighted by Crippen LogP contribution is 2.38. The molecule has 0 aromatic carbocycles. The van der Waals surface area contributed by atoms with E-state index >= 15 is 0 Å². The molecule has 2 rings (SSSR count). The van der Waals surface area contributed by atoms with Crippen LogP contribution in [0.25, 0.3) is 0 Å². The van der Waals surface area contributed by atoms with Gasteiger partial charge in [-0.05, 0) is 25.8 Å². The highest BCUT2D eigenvalue weighted by Gasteiger charge is 2.45. The fourth-order valence-electron chi connectivity index (χ4n) is 2.27. The summed E-state index contributed by atoms with van der Waals surface area (Å²) in [6.45, 7) is 1.68. The molecule has 92 valence electrons. The second kappa shape index (κ2) is 4.20. The number of nitrogens with one attached hydrogen (secondary N) is 2. The Labute approximate surface area is 98.4 Å². The first-order valence-corrected chi connectivity index (χ1v) is 5.57. The van der Waals surface area contributed by atoms with Crippen LogP contribution >= 0.6 is 0 Å². The van der Waals surface area contributed by atoms with Gasteiger partial charge in [0.2, 0.25) is 0 Å². The van der Waals surface area contributed by atoms with E-state index in [9.17, 15) is 14.7 Å². The molecule has 1 aliphatic rings. The predicted molar refractivity (Wildman–Crippen MR) is 59.4 cm³/mol. The summed E-state index contributed by atoms with van der Waals surface area (Å²) in [6, 6.07) is 1.23. The first-order chi connectivity index (χ1) is 8.04. The van der Waals surface area contributed by atoms with Crippen molar-refractivity contribution in [3.63, 3.8) is 0 Å². The van der Waals surface area contributed by atoms with Gasteiger partial charge in [0.1, 0.15) is 5.69 Å². The van der Waals surface area contributed by atoms with E-state index in [-0.39, 0.29) is 11.9 Å². The topological polar surface area (TPSA) is 95.1 Å². The van der Waals surface area contributed by atoms with E-state index in [4.69, 9.17) is 0 Å². The van der Waals surface area contributed by atoms with Crippen molar-refractivity contribution in [1.29, 1.82) is 0 Å². The molecule has 1 fully saturated rings. The zero-order valence-corrected chi connectivity index (χ0v) is 9.56. The van der Waals surface area contributed by atoms with Crippen LogP contribution in [-0.4, -0.2) is 33.2 Å². The summed E-state index contributed by atoms with van der Waals surface area (Å²) in [5, 5.41) is 18.2. The van der Waals surface area contributed by atoms with Gasteiger partial charge in [-0.1, -0.05) is 6.42 Å². The molecule has 2 atom stereocenters. The van der Waals surface area contributed by atoms with Crippen LogP contribution in [0.3, 0.4) is 0 Å². The number of carbonyl (C=O) groups is 2. The van der Waals surface area contributed by atoms with Crippen molar-refractivity contribution < 1.29 is 14.7 Å². The zero-order chi connectivity index (χ0) is 12.5. The number of H-pyrrole nitrogens is 1. The van der Waals surface area contributed by atoms with Gasteiger partial charge in [0.25, 0.3) is 5.91 Å². The lowest BCUT2D eigenvalue weighted by atomic mass is 9.85. The summed E-state index contributed by atoms with van der Waals surface area (Å²) >= 11 is 0. The molecule has 1 amide bonds. The van der Waals surface area contributed by atoms with E-state index in [0.717, 1.165) is 6.42 Å².